The Morgan fingerprint density at radius 3 is 2.45 bits per heavy atom. The minimum Gasteiger partial charge on any atom is -0.341 e. The molecule has 5 heterocycles. The van der Waals surface area contributed by atoms with Crippen LogP contribution in [-0.4, -0.2) is 72.9 Å². The van der Waals surface area contributed by atoms with Crippen LogP contribution in [0.15, 0.2) is 30.7 Å². The fourth-order valence-electron chi connectivity index (χ4n) is 9.10. The third-order valence-electron chi connectivity index (χ3n) is 12.9. The van der Waals surface area contributed by atoms with Crippen molar-refractivity contribution in [2.24, 2.45) is 11.8 Å². The second-order valence-corrected chi connectivity index (χ2v) is 17.7. The van der Waals surface area contributed by atoms with E-state index in [1.165, 1.54) is 12.8 Å². The van der Waals surface area contributed by atoms with Crippen LogP contribution in [0.2, 0.25) is 5.02 Å². The van der Waals surface area contributed by atoms with Gasteiger partial charge in [-0.2, -0.15) is 0 Å². The molecule has 9 rings (SSSR count). The lowest BCUT2D eigenvalue weighted by Crippen LogP contribution is -2.64. The summed E-state index contributed by atoms with van der Waals surface area (Å²) in [6.45, 7) is 12.2. The van der Waals surface area contributed by atoms with Gasteiger partial charge in [-0.15, -0.1) is 0 Å². The summed E-state index contributed by atoms with van der Waals surface area (Å²) >= 11 is 6.08. The van der Waals surface area contributed by atoms with Gasteiger partial charge in [-0.05, 0) is 110 Å². The summed E-state index contributed by atoms with van der Waals surface area (Å²) in [7, 11) is 0. The Labute approximate surface area is 321 Å². The van der Waals surface area contributed by atoms with Crippen LogP contribution in [0.25, 0.3) is 22.3 Å². The molecule has 0 radical (unpaired) electrons. The van der Waals surface area contributed by atoms with Crippen LogP contribution >= 0.6 is 11.6 Å². The Balaban J connectivity index is 1.07. The molecule has 0 unspecified atom stereocenters. The zero-order valence-electron chi connectivity index (χ0n) is 31.3. The molecule has 2 N–H and O–H groups in total. The lowest BCUT2D eigenvalue weighted by Gasteiger charge is -2.55. The number of halogens is 5. The number of likely N-dealkylation sites (tertiary alicyclic amines) is 1. The molecule has 0 spiro atoms. The lowest BCUT2D eigenvalue weighted by molar-refractivity contribution is -0.124. The van der Waals surface area contributed by atoms with Gasteiger partial charge in [0.15, 0.2) is 17.5 Å². The summed E-state index contributed by atoms with van der Waals surface area (Å²) in [5.74, 6) is -2.14. The van der Waals surface area contributed by atoms with Gasteiger partial charge in [-0.3, -0.25) is 19.5 Å². The molecule has 2 atom stereocenters. The third-order valence-corrected chi connectivity index (χ3v) is 13.2. The maximum Gasteiger partial charge on any atom is 0.261 e. The van der Waals surface area contributed by atoms with E-state index >= 15 is 8.78 Å². The quantitative estimate of drug-likeness (QED) is 0.130. The van der Waals surface area contributed by atoms with E-state index in [4.69, 9.17) is 21.6 Å². The highest BCUT2D eigenvalue weighted by Gasteiger charge is 2.57. The van der Waals surface area contributed by atoms with Crippen molar-refractivity contribution < 1.29 is 27.2 Å². The molecule has 0 bridgehead atoms. The van der Waals surface area contributed by atoms with Gasteiger partial charge in [0.25, 0.3) is 12.3 Å². The topological polar surface area (TPSA) is 108 Å². The van der Waals surface area contributed by atoms with Crippen LogP contribution in [0.4, 0.5) is 34.8 Å². The van der Waals surface area contributed by atoms with Gasteiger partial charge < -0.3 is 20.1 Å². The minimum absolute atomic E-state index is 0.00258. The van der Waals surface area contributed by atoms with E-state index in [9.17, 15) is 18.4 Å². The number of hydrogen-bond donors (Lipinski definition) is 2. The molecule has 1 saturated heterocycles. The van der Waals surface area contributed by atoms with E-state index in [0.717, 1.165) is 49.5 Å². The summed E-state index contributed by atoms with van der Waals surface area (Å²) in [6.07, 6.45) is 4.86. The molecule has 55 heavy (non-hydrogen) atoms. The Hall–Kier alpha value is -4.30. The highest BCUT2D eigenvalue weighted by Crippen LogP contribution is 2.53. The number of fused-ring (bicyclic) bond motifs is 3. The summed E-state index contributed by atoms with van der Waals surface area (Å²) in [5.41, 5.74) is -0.127. The van der Waals surface area contributed by atoms with Gasteiger partial charge in [0.2, 0.25) is 5.91 Å². The normalized spacial score (nSPS) is 26.3. The fourth-order valence-corrected chi connectivity index (χ4v) is 9.33. The highest BCUT2D eigenvalue weighted by molar-refractivity contribution is 6.34. The fraction of sp³-hybridized carbons (Fsp3) is 0.525. The van der Waals surface area contributed by atoms with Crippen LogP contribution in [0.3, 0.4) is 0 Å². The number of imidazole rings is 1. The van der Waals surface area contributed by atoms with E-state index in [1.807, 2.05) is 43.2 Å². The molecule has 3 aliphatic carbocycles. The standard InChI is InChI=1S/C40H43ClF4N8O2/c1-19(2)52-18-47-27-13-25(48-34(32(27)52)49-26-12-24(29(41)31(43)30(26)42)35(54)50-40(7-8-40)36(44)45)21-11-28-33(46-16-21)38(3,4)37(55)53(28)23-14-39(5,15-23)51-9-6-20-10-22(20)17-51/h11-13,16,18-20,22-23,36H,6-10,14-15,17H2,1-5H3,(H,48,49)(H,50,54)/t20-,22-,23-,39+/m0/s1. The van der Waals surface area contributed by atoms with Crippen molar-refractivity contribution in [3.63, 3.8) is 0 Å². The monoisotopic (exact) mass is 778 g/mol. The zero-order chi connectivity index (χ0) is 38.9. The molecule has 15 heteroatoms. The first-order chi connectivity index (χ1) is 26.0. The Morgan fingerprint density at radius 2 is 1.78 bits per heavy atom. The second-order valence-electron chi connectivity index (χ2n) is 17.4. The maximum absolute atomic E-state index is 15.6. The molecule has 3 saturated carbocycles. The summed E-state index contributed by atoms with van der Waals surface area (Å²) < 4.78 is 60.0. The molecule has 10 nitrogen and oxygen atoms in total. The Morgan fingerprint density at radius 1 is 1.04 bits per heavy atom. The van der Waals surface area contributed by atoms with E-state index in [-0.39, 0.29) is 42.2 Å². The predicted molar refractivity (Wildman–Crippen MR) is 201 cm³/mol. The lowest BCUT2D eigenvalue weighted by atomic mass is 9.71. The number of piperidine rings is 1. The predicted octanol–water partition coefficient (Wildman–Crippen LogP) is 8.16. The Bertz CT molecular complexity index is 2280. The first-order valence-electron chi connectivity index (χ1n) is 19.0. The zero-order valence-corrected chi connectivity index (χ0v) is 32.1. The molecule has 290 valence electrons. The number of nitrogens with zero attached hydrogens (tertiary/aromatic N) is 6. The SMILES string of the molecule is CC(C)n1cnc2cc(-c3cnc4c(c3)N([C@H]3C[C@@](C)(N5CC[C@H]6C[C@H]6C5)C3)C(=O)C4(C)C)nc(Nc3cc(C(=O)NC4(C(F)F)CC4)c(Cl)c(F)c3F)c21. The second kappa shape index (κ2) is 12.3. The molecule has 2 amide bonds. The van der Waals surface area contributed by atoms with E-state index in [2.05, 4.69) is 27.4 Å². The number of carbonyl (C=O) groups excluding carboxylic acids is 2. The van der Waals surface area contributed by atoms with Gasteiger partial charge >= 0.3 is 0 Å². The molecule has 5 aliphatic rings. The number of alkyl halides is 2. The molecule has 4 aromatic rings. The number of nitrogens with one attached hydrogen (secondary N) is 2. The minimum atomic E-state index is -2.83. The van der Waals surface area contributed by atoms with Crippen molar-refractivity contribution in [1.82, 2.24) is 29.7 Å². The molecule has 1 aromatic carbocycles. The average Bonchev–Trinajstić information content (AvgIpc) is 4.04. The van der Waals surface area contributed by atoms with Gasteiger partial charge in [0, 0.05) is 35.9 Å². The van der Waals surface area contributed by atoms with Crippen LogP contribution in [0.5, 0.6) is 0 Å². The molecular weight excluding hydrogens is 736 g/mol. The van der Waals surface area contributed by atoms with Gasteiger partial charge in [-0.25, -0.2) is 27.5 Å². The van der Waals surface area contributed by atoms with Crippen LogP contribution in [-0.2, 0) is 10.2 Å². The number of anilines is 3. The van der Waals surface area contributed by atoms with Crippen molar-refractivity contribution in [3.8, 4) is 11.3 Å². The van der Waals surface area contributed by atoms with Crippen molar-refractivity contribution in [2.45, 2.75) is 108 Å². The molecule has 3 aromatic heterocycles. The van der Waals surface area contributed by atoms with E-state index in [1.54, 1.807) is 18.6 Å². The first-order valence-corrected chi connectivity index (χ1v) is 19.4. The van der Waals surface area contributed by atoms with Crippen molar-refractivity contribution in [3.05, 3.63) is 58.6 Å². The van der Waals surface area contributed by atoms with Gasteiger partial charge in [-0.1, -0.05) is 11.6 Å². The number of benzene rings is 1. The largest absolute Gasteiger partial charge is 0.341 e. The average molecular weight is 779 g/mol. The van der Waals surface area contributed by atoms with Crippen LogP contribution in [0.1, 0.15) is 95.2 Å². The first kappa shape index (κ1) is 36.3. The van der Waals surface area contributed by atoms with Crippen molar-refractivity contribution in [1.29, 1.82) is 0 Å². The maximum atomic E-state index is 15.6. The van der Waals surface area contributed by atoms with E-state index < -0.39 is 51.2 Å². The number of aromatic nitrogens is 4. The molecular formula is C40H43ClF4N8O2. The number of carbonyl (C=O) groups is 2. The number of rotatable bonds is 9. The number of hydrogen-bond acceptors (Lipinski definition) is 7. The third kappa shape index (κ3) is 5.71. The summed E-state index contributed by atoms with van der Waals surface area (Å²) in [5, 5.41) is 4.31. The van der Waals surface area contributed by atoms with Crippen LogP contribution in [0, 0.1) is 23.5 Å². The smallest absolute Gasteiger partial charge is 0.261 e. The molecule has 2 aliphatic heterocycles. The van der Waals surface area contributed by atoms with Crippen molar-refractivity contribution in [2.75, 3.05) is 23.3 Å². The van der Waals surface area contributed by atoms with E-state index in [0.29, 0.717) is 28.0 Å². The Kier molecular flexibility index (Phi) is 8.16. The summed E-state index contributed by atoms with van der Waals surface area (Å²) in [6, 6.07) is 4.59. The van der Waals surface area contributed by atoms with Crippen LogP contribution < -0.4 is 15.5 Å². The van der Waals surface area contributed by atoms with Crippen molar-refractivity contribution >= 4 is 51.6 Å². The molecule has 4 fully saturated rings. The number of pyridine rings is 2. The van der Waals surface area contributed by atoms with Gasteiger partial charge in [0.05, 0.1) is 50.6 Å². The number of amides is 2. The summed E-state index contributed by atoms with van der Waals surface area (Å²) in [4.78, 5) is 46.1. The highest BCUT2D eigenvalue weighted by atomic mass is 35.5. The van der Waals surface area contributed by atoms with Gasteiger partial charge in [0.1, 0.15) is 11.1 Å².